The molecule has 1 unspecified atom stereocenters. The van der Waals surface area contributed by atoms with Gasteiger partial charge >= 0.3 is 12.1 Å². The first-order valence-corrected chi connectivity index (χ1v) is 9.95. The number of carbonyl (C=O) groups is 3. The SMILES string of the molecule is CC(C)CC(OC[C@@H]1CCCN1C(=O)OCc1ccccc1)C(=O)NCC(=O)O. The molecule has 1 aromatic rings. The number of amides is 2. The maximum Gasteiger partial charge on any atom is 0.410 e. The predicted molar refractivity (Wildman–Crippen MR) is 106 cm³/mol. The second kappa shape index (κ2) is 11.4. The van der Waals surface area contributed by atoms with Crippen LogP contribution in [0, 0.1) is 5.92 Å². The molecule has 1 aromatic carbocycles. The monoisotopic (exact) mass is 406 g/mol. The van der Waals surface area contributed by atoms with Gasteiger partial charge in [-0.2, -0.15) is 0 Å². The van der Waals surface area contributed by atoms with E-state index >= 15 is 0 Å². The molecule has 1 aliphatic rings. The summed E-state index contributed by atoms with van der Waals surface area (Å²) in [6, 6.07) is 9.30. The Labute approximate surface area is 171 Å². The zero-order valence-electron chi connectivity index (χ0n) is 17.0. The minimum absolute atomic E-state index is 0.166. The number of hydrogen-bond donors (Lipinski definition) is 2. The molecule has 29 heavy (non-hydrogen) atoms. The van der Waals surface area contributed by atoms with E-state index in [2.05, 4.69) is 5.32 Å². The van der Waals surface area contributed by atoms with Crippen molar-refractivity contribution >= 4 is 18.0 Å². The number of aliphatic carboxylic acids is 1. The molecule has 1 aliphatic heterocycles. The Bertz CT molecular complexity index is 679. The van der Waals surface area contributed by atoms with Crippen molar-refractivity contribution in [2.24, 2.45) is 5.92 Å². The molecule has 0 saturated carbocycles. The van der Waals surface area contributed by atoms with Crippen LogP contribution in [0.5, 0.6) is 0 Å². The number of hydrogen-bond acceptors (Lipinski definition) is 5. The van der Waals surface area contributed by atoms with Crippen LogP contribution in [0.15, 0.2) is 30.3 Å². The van der Waals surface area contributed by atoms with Crippen LogP contribution >= 0.6 is 0 Å². The van der Waals surface area contributed by atoms with Crippen molar-refractivity contribution in [3.63, 3.8) is 0 Å². The number of likely N-dealkylation sites (tertiary alicyclic amines) is 1. The molecule has 0 bridgehead atoms. The molecule has 8 nitrogen and oxygen atoms in total. The van der Waals surface area contributed by atoms with Crippen molar-refractivity contribution in [1.82, 2.24) is 10.2 Å². The van der Waals surface area contributed by atoms with E-state index in [1.54, 1.807) is 4.90 Å². The Kier molecular flexibility index (Phi) is 8.92. The molecule has 2 amide bonds. The smallest absolute Gasteiger partial charge is 0.410 e. The van der Waals surface area contributed by atoms with Crippen LogP contribution in [0.1, 0.15) is 38.7 Å². The van der Waals surface area contributed by atoms with Gasteiger partial charge in [-0.05, 0) is 30.7 Å². The Balaban J connectivity index is 1.87. The third-order valence-corrected chi connectivity index (χ3v) is 4.70. The fourth-order valence-electron chi connectivity index (χ4n) is 3.23. The Morgan fingerprint density at radius 2 is 1.97 bits per heavy atom. The fraction of sp³-hybridized carbons (Fsp3) is 0.571. The standard InChI is InChI=1S/C21H30N2O6/c1-15(2)11-18(20(26)22-12-19(24)25)28-14-17-9-6-10-23(17)21(27)29-13-16-7-4-3-5-8-16/h3-5,7-8,15,17-18H,6,9-14H2,1-2H3,(H,22,26)(H,24,25)/t17-,18?/m0/s1. The van der Waals surface area contributed by atoms with Gasteiger partial charge in [0.05, 0.1) is 12.6 Å². The minimum atomic E-state index is -1.11. The molecule has 1 saturated heterocycles. The van der Waals surface area contributed by atoms with Crippen molar-refractivity contribution < 1.29 is 29.0 Å². The first-order valence-electron chi connectivity index (χ1n) is 9.95. The van der Waals surface area contributed by atoms with E-state index in [1.807, 2.05) is 44.2 Å². The maximum atomic E-state index is 12.5. The zero-order chi connectivity index (χ0) is 21.2. The Hall–Kier alpha value is -2.61. The number of benzene rings is 1. The second-order valence-electron chi connectivity index (χ2n) is 7.59. The van der Waals surface area contributed by atoms with Gasteiger partial charge < -0.3 is 24.8 Å². The molecule has 0 radical (unpaired) electrons. The van der Waals surface area contributed by atoms with E-state index in [4.69, 9.17) is 14.6 Å². The third-order valence-electron chi connectivity index (χ3n) is 4.70. The summed E-state index contributed by atoms with van der Waals surface area (Å²) in [5.41, 5.74) is 0.917. The topological polar surface area (TPSA) is 105 Å². The lowest BCUT2D eigenvalue weighted by Crippen LogP contribution is -2.43. The van der Waals surface area contributed by atoms with Crippen molar-refractivity contribution in [1.29, 1.82) is 0 Å². The normalized spacial score (nSPS) is 17.2. The van der Waals surface area contributed by atoms with Crippen LogP contribution in [0.4, 0.5) is 4.79 Å². The van der Waals surface area contributed by atoms with Crippen LogP contribution in [-0.2, 0) is 25.7 Å². The number of carbonyl (C=O) groups excluding carboxylic acids is 2. The third kappa shape index (κ3) is 7.73. The summed E-state index contributed by atoms with van der Waals surface area (Å²) in [5, 5.41) is 11.1. The van der Waals surface area contributed by atoms with E-state index in [1.165, 1.54) is 0 Å². The highest BCUT2D eigenvalue weighted by molar-refractivity contribution is 5.84. The van der Waals surface area contributed by atoms with Gasteiger partial charge in [-0.25, -0.2) is 4.79 Å². The summed E-state index contributed by atoms with van der Waals surface area (Å²) in [6.45, 7) is 4.48. The number of nitrogens with zero attached hydrogens (tertiary/aromatic N) is 1. The molecule has 2 rings (SSSR count). The molecule has 1 heterocycles. The fourth-order valence-corrected chi connectivity index (χ4v) is 3.23. The quantitative estimate of drug-likeness (QED) is 0.618. The van der Waals surface area contributed by atoms with Crippen molar-refractivity contribution in [2.75, 3.05) is 19.7 Å². The van der Waals surface area contributed by atoms with Gasteiger partial charge in [-0.3, -0.25) is 9.59 Å². The van der Waals surface area contributed by atoms with Gasteiger partial charge in [-0.15, -0.1) is 0 Å². The van der Waals surface area contributed by atoms with E-state index in [-0.39, 0.29) is 25.2 Å². The summed E-state index contributed by atoms with van der Waals surface area (Å²) in [4.78, 5) is 37.1. The molecule has 0 spiro atoms. The molecule has 160 valence electrons. The molecule has 0 aliphatic carbocycles. The summed E-state index contributed by atoms with van der Waals surface area (Å²) >= 11 is 0. The molecule has 1 fully saturated rings. The molecule has 2 N–H and O–H groups in total. The molecule has 0 aromatic heterocycles. The number of ether oxygens (including phenoxy) is 2. The van der Waals surface area contributed by atoms with Gasteiger partial charge in [-0.1, -0.05) is 44.2 Å². The first kappa shape index (κ1) is 22.7. The van der Waals surface area contributed by atoms with Gasteiger partial charge in [0.1, 0.15) is 19.3 Å². The van der Waals surface area contributed by atoms with Crippen LogP contribution < -0.4 is 5.32 Å². The summed E-state index contributed by atoms with van der Waals surface area (Å²) in [6.07, 6.45) is 0.935. The molecule has 8 heteroatoms. The second-order valence-corrected chi connectivity index (χ2v) is 7.59. The summed E-state index contributed by atoms with van der Waals surface area (Å²) < 4.78 is 11.2. The maximum absolute atomic E-state index is 12.5. The van der Waals surface area contributed by atoms with Crippen LogP contribution in [-0.4, -0.2) is 59.8 Å². The van der Waals surface area contributed by atoms with Gasteiger partial charge in [0.25, 0.3) is 0 Å². The lowest BCUT2D eigenvalue weighted by molar-refractivity contribution is -0.141. The van der Waals surface area contributed by atoms with E-state index < -0.39 is 30.6 Å². The highest BCUT2D eigenvalue weighted by atomic mass is 16.6. The number of rotatable bonds is 10. The lowest BCUT2D eigenvalue weighted by atomic mass is 10.1. The molecule has 2 atom stereocenters. The molecular formula is C21H30N2O6. The predicted octanol–water partition coefficient (Wildman–Crippen LogP) is 2.42. The van der Waals surface area contributed by atoms with E-state index in [0.717, 1.165) is 18.4 Å². The van der Waals surface area contributed by atoms with Crippen LogP contribution in [0.25, 0.3) is 0 Å². The average molecular weight is 406 g/mol. The molecular weight excluding hydrogens is 376 g/mol. The number of carboxylic acids is 1. The van der Waals surface area contributed by atoms with Crippen molar-refractivity contribution in [3.05, 3.63) is 35.9 Å². The van der Waals surface area contributed by atoms with Gasteiger partial charge in [0.15, 0.2) is 0 Å². The van der Waals surface area contributed by atoms with Crippen LogP contribution in [0.2, 0.25) is 0 Å². The number of nitrogens with one attached hydrogen (secondary N) is 1. The highest BCUT2D eigenvalue weighted by Gasteiger charge is 2.32. The first-order chi connectivity index (χ1) is 13.9. The van der Waals surface area contributed by atoms with Crippen molar-refractivity contribution in [2.45, 2.75) is 51.9 Å². The van der Waals surface area contributed by atoms with E-state index in [9.17, 15) is 14.4 Å². The summed E-state index contributed by atoms with van der Waals surface area (Å²) in [7, 11) is 0. The Morgan fingerprint density at radius 3 is 2.62 bits per heavy atom. The highest BCUT2D eigenvalue weighted by Crippen LogP contribution is 2.20. The lowest BCUT2D eigenvalue weighted by Gasteiger charge is -2.26. The largest absolute Gasteiger partial charge is 0.480 e. The Morgan fingerprint density at radius 1 is 1.24 bits per heavy atom. The summed E-state index contributed by atoms with van der Waals surface area (Å²) in [5.74, 6) is -1.35. The van der Waals surface area contributed by atoms with Crippen molar-refractivity contribution in [3.8, 4) is 0 Å². The van der Waals surface area contributed by atoms with E-state index in [0.29, 0.717) is 13.0 Å². The van der Waals surface area contributed by atoms with Gasteiger partial charge in [0, 0.05) is 6.54 Å². The van der Waals surface area contributed by atoms with Gasteiger partial charge in [0.2, 0.25) is 5.91 Å². The average Bonchev–Trinajstić information content (AvgIpc) is 3.16. The number of carboxylic acid groups (broad SMARTS) is 1. The zero-order valence-corrected chi connectivity index (χ0v) is 17.0. The minimum Gasteiger partial charge on any atom is -0.480 e. The van der Waals surface area contributed by atoms with Crippen LogP contribution in [0.3, 0.4) is 0 Å².